The molecule has 1 amide bonds. The standard InChI is InChI=1S/C24H18N6O4S/c1-15-5-2-3-7-20(15)34-14-21-27-29-22(25)19(23(31)26-24(29)35-21)13-18-6-4-12-28(18)16-8-10-17(11-9-16)30(32)33/h2-13,25H,14H2,1H3/b19-13+,25-22?. The molecule has 0 fully saturated rings. The van der Waals surface area contributed by atoms with Crippen molar-refractivity contribution in [3.8, 4) is 11.4 Å². The number of ether oxygens (including phenoxy) is 1. The van der Waals surface area contributed by atoms with E-state index in [-0.39, 0.29) is 23.7 Å². The summed E-state index contributed by atoms with van der Waals surface area (Å²) in [6.07, 6.45) is 3.33. The second-order valence-corrected chi connectivity index (χ2v) is 8.69. The Morgan fingerprint density at radius 1 is 1.14 bits per heavy atom. The Morgan fingerprint density at radius 3 is 2.66 bits per heavy atom. The maximum absolute atomic E-state index is 12.8. The van der Waals surface area contributed by atoms with Gasteiger partial charge in [-0.25, -0.2) is 0 Å². The van der Waals surface area contributed by atoms with Crippen LogP contribution in [0.1, 0.15) is 11.3 Å². The van der Waals surface area contributed by atoms with Crippen LogP contribution in [0.4, 0.5) is 5.69 Å². The van der Waals surface area contributed by atoms with Gasteiger partial charge in [0.25, 0.3) is 11.6 Å². The number of carbonyl (C=O) groups excluding carboxylic acids is 1. The number of non-ortho nitro benzene ring substituents is 1. The van der Waals surface area contributed by atoms with Gasteiger partial charge in [0.2, 0.25) is 5.17 Å². The number of amides is 1. The van der Waals surface area contributed by atoms with Crippen LogP contribution in [0, 0.1) is 22.4 Å². The molecule has 10 nitrogen and oxygen atoms in total. The largest absolute Gasteiger partial charge is 0.486 e. The molecule has 1 aromatic heterocycles. The number of hydrazone groups is 1. The highest BCUT2D eigenvalue weighted by molar-refractivity contribution is 8.27. The van der Waals surface area contributed by atoms with Crippen molar-refractivity contribution in [2.75, 3.05) is 6.61 Å². The molecule has 0 saturated heterocycles. The number of thioether (sulfide) groups is 1. The van der Waals surface area contributed by atoms with Gasteiger partial charge in [-0.05, 0) is 60.7 Å². The number of carbonyl (C=O) groups is 1. The normalized spacial score (nSPS) is 16.3. The number of para-hydroxylation sites is 1. The summed E-state index contributed by atoms with van der Waals surface area (Å²) in [6, 6.07) is 17.2. The number of nitrogens with one attached hydrogen (secondary N) is 1. The van der Waals surface area contributed by atoms with Crippen molar-refractivity contribution in [3.63, 3.8) is 0 Å². The molecule has 0 bridgehead atoms. The minimum atomic E-state index is -0.540. The number of rotatable bonds is 6. The average Bonchev–Trinajstić information content (AvgIpc) is 3.48. The molecule has 0 spiro atoms. The first-order chi connectivity index (χ1) is 16.9. The van der Waals surface area contributed by atoms with Gasteiger partial charge < -0.3 is 9.30 Å². The smallest absolute Gasteiger partial charge is 0.283 e. The van der Waals surface area contributed by atoms with Crippen molar-refractivity contribution >= 4 is 45.5 Å². The van der Waals surface area contributed by atoms with E-state index >= 15 is 0 Å². The molecule has 3 heterocycles. The fraction of sp³-hybridized carbons (Fsp3) is 0.0833. The number of aliphatic imine (C=N–C) groups is 1. The minimum absolute atomic E-state index is 0.0153. The van der Waals surface area contributed by atoms with Gasteiger partial charge in [-0.1, -0.05) is 18.2 Å². The molecular weight excluding hydrogens is 468 g/mol. The lowest BCUT2D eigenvalue weighted by molar-refractivity contribution is -0.384. The quantitative estimate of drug-likeness (QED) is 0.313. The zero-order valence-corrected chi connectivity index (χ0v) is 19.2. The summed E-state index contributed by atoms with van der Waals surface area (Å²) in [6.45, 7) is 2.14. The Hall–Kier alpha value is -4.51. The van der Waals surface area contributed by atoms with Gasteiger partial charge in [0.05, 0.1) is 10.5 Å². The van der Waals surface area contributed by atoms with Gasteiger partial charge in [0.1, 0.15) is 17.4 Å². The van der Waals surface area contributed by atoms with Crippen LogP contribution in [0.15, 0.2) is 82.5 Å². The summed E-state index contributed by atoms with van der Waals surface area (Å²) < 4.78 is 7.60. The number of nitro groups is 1. The van der Waals surface area contributed by atoms with Crippen LogP contribution < -0.4 is 4.74 Å². The number of hydrogen-bond donors (Lipinski definition) is 1. The van der Waals surface area contributed by atoms with Crippen LogP contribution in [0.3, 0.4) is 0 Å². The molecule has 0 unspecified atom stereocenters. The second-order valence-electron chi connectivity index (χ2n) is 7.64. The van der Waals surface area contributed by atoms with Crippen molar-refractivity contribution in [2.24, 2.45) is 10.1 Å². The first-order valence-corrected chi connectivity index (χ1v) is 11.3. The fourth-order valence-corrected chi connectivity index (χ4v) is 4.38. The number of aromatic nitrogens is 1. The summed E-state index contributed by atoms with van der Waals surface area (Å²) >= 11 is 1.19. The molecule has 0 atom stereocenters. The number of hydrogen-bond acceptors (Lipinski definition) is 7. The van der Waals surface area contributed by atoms with Crippen molar-refractivity contribution in [3.05, 3.63) is 93.8 Å². The third kappa shape index (κ3) is 4.36. The number of fused-ring (bicyclic) bond motifs is 1. The number of aryl methyl sites for hydroxylation is 1. The Bertz CT molecular complexity index is 1450. The van der Waals surface area contributed by atoms with E-state index in [0.29, 0.717) is 21.6 Å². The van der Waals surface area contributed by atoms with Gasteiger partial charge in [0.15, 0.2) is 5.84 Å². The maximum atomic E-state index is 12.8. The van der Waals surface area contributed by atoms with Crippen molar-refractivity contribution in [1.82, 2.24) is 9.58 Å². The summed E-state index contributed by atoms with van der Waals surface area (Å²) in [5.74, 6) is 0.109. The Balaban J connectivity index is 1.38. The van der Waals surface area contributed by atoms with Crippen molar-refractivity contribution in [2.45, 2.75) is 6.92 Å². The molecule has 0 saturated carbocycles. The Labute approximate surface area is 203 Å². The highest BCUT2D eigenvalue weighted by Crippen LogP contribution is 2.29. The topological polar surface area (TPSA) is 126 Å². The van der Waals surface area contributed by atoms with E-state index in [1.54, 1.807) is 41.1 Å². The monoisotopic (exact) mass is 486 g/mol. The third-order valence-corrected chi connectivity index (χ3v) is 6.23. The number of nitrogens with zero attached hydrogens (tertiary/aromatic N) is 5. The molecular formula is C24H18N6O4S. The van der Waals surface area contributed by atoms with Gasteiger partial charge in [-0.2, -0.15) is 15.1 Å². The molecule has 35 heavy (non-hydrogen) atoms. The minimum Gasteiger partial charge on any atom is -0.486 e. The van der Waals surface area contributed by atoms with E-state index in [1.165, 1.54) is 28.9 Å². The number of benzene rings is 2. The summed E-state index contributed by atoms with van der Waals surface area (Å²) in [5.41, 5.74) is 2.36. The molecule has 1 N–H and O–H groups in total. The molecule has 5 rings (SSSR count). The molecule has 0 radical (unpaired) electrons. The summed E-state index contributed by atoms with van der Waals surface area (Å²) in [5, 5.41) is 26.2. The van der Waals surface area contributed by atoms with Gasteiger partial charge in [0, 0.05) is 29.7 Å². The predicted octanol–water partition coefficient (Wildman–Crippen LogP) is 4.39. The van der Waals surface area contributed by atoms with Gasteiger partial charge in [-0.3, -0.25) is 20.3 Å². The highest BCUT2D eigenvalue weighted by atomic mass is 32.2. The molecule has 2 aromatic carbocycles. The van der Waals surface area contributed by atoms with Crippen molar-refractivity contribution in [1.29, 1.82) is 5.41 Å². The highest BCUT2D eigenvalue weighted by Gasteiger charge is 2.36. The molecule has 2 aliphatic heterocycles. The number of amidine groups is 2. The van der Waals surface area contributed by atoms with Crippen LogP contribution in [0.25, 0.3) is 11.8 Å². The van der Waals surface area contributed by atoms with E-state index in [9.17, 15) is 14.9 Å². The van der Waals surface area contributed by atoms with Crippen molar-refractivity contribution < 1.29 is 14.5 Å². The van der Waals surface area contributed by atoms with E-state index in [1.807, 2.05) is 31.2 Å². The zero-order valence-electron chi connectivity index (χ0n) is 18.4. The average molecular weight is 487 g/mol. The van der Waals surface area contributed by atoms with Crippen LogP contribution >= 0.6 is 11.8 Å². The molecule has 2 aliphatic rings. The summed E-state index contributed by atoms with van der Waals surface area (Å²) in [4.78, 5) is 27.4. The maximum Gasteiger partial charge on any atom is 0.283 e. The SMILES string of the molecule is Cc1ccccc1OCC1=NN2C(=N)/C(=C\c3cccn3-c3ccc([N+](=O)[O-])cc3)C(=O)N=C2S1. The van der Waals surface area contributed by atoms with E-state index < -0.39 is 10.8 Å². The van der Waals surface area contributed by atoms with E-state index in [4.69, 9.17) is 10.1 Å². The van der Waals surface area contributed by atoms with Gasteiger partial charge >= 0.3 is 0 Å². The lowest BCUT2D eigenvalue weighted by Crippen LogP contribution is -2.35. The van der Waals surface area contributed by atoms with Crippen LogP contribution in [0.2, 0.25) is 0 Å². The predicted molar refractivity (Wildman–Crippen MR) is 134 cm³/mol. The Morgan fingerprint density at radius 2 is 1.91 bits per heavy atom. The van der Waals surface area contributed by atoms with Crippen LogP contribution in [0.5, 0.6) is 5.75 Å². The lowest BCUT2D eigenvalue weighted by Gasteiger charge is -2.20. The molecule has 0 aliphatic carbocycles. The molecule has 11 heteroatoms. The third-order valence-electron chi connectivity index (χ3n) is 5.35. The molecule has 3 aromatic rings. The fourth-order valence-electron chi connectivity index (χ4n) is 3.58. The van der Waals surface area contributed by atoms with E-state index in [2.05, 4.69) is 10.1 Å². The van der Waals surface area contributed by atoms with Gasteiger partial charge in [-0.15, -0.1) is 0 Å². The first kappa shape index (κ1) is 22.3. The lowest BCUT2D eigenvalue weighted by atomic mass is 10.1. The first-order valence-electron chi connectivity index (χ1n) is 10.5. The zero-order chi connectivity index (χ0) is 24.5. The number of nitro benzene ring substituents is 1. The second kappa shape index (κ2) is 9.03. The van der Waals surface area contributed by atoms with Crippen LogP contribution in [-0.2, 0) is 4.79 Å². The molecule has 174 valence electrons. The summed E-state index contributed by atoms with van der Waals surface area (Å²) in [7, 11) is 0. The Kier molecular flexibility index (Phi) is 5.75. The van der Waals surface area contributed by atoms with E-state index in [0.717, 1.165) is 11.3 Å². The van der Waals surface area contributed by atoms with Crippen LogP contribution in [-0.4, -0.2) is 43.1 Å².